The van der Waals surface area contributed by atoms with Crippen LogP contribution in [0.25, 0.3) is 0 Å². The molecule has 0 bridgehead atoms. The van der Waals surface area contributed by atoms with E-state index >= 15 is 0 Å². The molecular weight excluding hydrogens is 1060 g/mol. The van der Waals surface area contributed by atoms with E-state index in [1.165, 1.54) is 96.3 Å². The monoisotopic (exact) mass is 1190 g/mol. The van der Waals surface area contributed by atoms with Gasteiger partial charge >= 0.3 is 19.8 Å². The van der Waals surface area contributed by atoms with Crippen LogP contribution in [0, 0.1) is 0 Å². The molecular formula is C74H125NO8P+. The van der Waals surface area contributed by atoms with Crippen LogP contribution in [0.3, 0.4) is 0 Å². The first-order chi connectivity index (χ1) is 41.0. The summed E-state index contributed by atoms with van der Waals surface area (Å²) in [6, 6.07) is 0. The van der Waals surface area contributed by atoms with Crippen molar-refractivity contribution in [3.63, 3.8) is 0 Å². The maximum atomic E-state index is 12.9. The van der Waals surface area contributed by atoms with Crippen molar-refractivity contribution in [3.05, 3.63) is 146 Å². The number of nitrogens with zero attached hydrogens (tertiary/aromatic N) is 1. The molecule has 0 heterocycles. The number of allylic oxidation sites excluding steroid dienone is 24. The number of carbonyl (C=O) groups is 2. The number of phosphoric ester groups is 1. The van der Waals surface area contributed by atoms with E-state index in [9.17, 15) is 19.0 Å². The number of hydrogen-bond donors (Lipinski definition) is 1. The Bertz CT molecular complexity index is 1930. The van der Waals surface area contributed by atoms with Crippen molar-refractivity contribution in [3.8, 4) is 0 Å². The lowest BCUT2D eigenvalue weighted by atomic mass is 10.0. The molecule has 0 aliphatic carbocycles. The van der Waals surface area contributed by atoms with E-state index in [2.05, 4.69) is 160 Å². The lowest BCUT2D eigenvalue weighted by Gasteiger charge is -2.24. The van der Waals surface area contributed by atoms with Crippen molar-refractivity contribution in [2.24, 2.45) is 0 Å². The van der Waals surface area contributed by atoms with Crippen molar-refractivity contribution < 1.29 is 42.1 Å². The first-order valence-electron chi connectivity index (χ1n) is 33.6. The van der Waals surface area contributed by atoms with Gasteiger partial charge in [0.25, 0.3) is 0 Å². The highest BCUT2D eigenvalue weighted by Crippen LogP contribution is 2.43. The van der Waals surface area contributed by atoms with Gasteiger partial charge < -0.3 is 18.9 Å². The highest BCUT2D eigenvalue weighted by molar-refractivity contribution is 7.47. The summed E-state index contributed by atoms with van der Waals surface area (Å²) in [6.07, 6.45) is 93.6. The lowest BCUT2D eigenvalue weighted by molar-refractivity contribution is -0.870. The highest BCUT2D eigenvalue weighted by Gasteiger charge is 2.27. The highest BCUT2D eigenvalue weighted by atomic mass is 31.2. The Labute approximate surface area is 516 Å². The van der Waals surface area contributed by atoms with Crippen LogP contribution < -0.4 is 0 Å². The molecule has 0 saturated carbocycles. The fourth-order valence-corrected chi connectivity index (χ4v) is 9.53. The molecule has 9 nitrogen and oxygen atoms in total. The standard InChI is InChI=1S/C74H124NO8P/c1-6-8-10-12-14-16-18-20-22-24-26-28-30-32-33-34-35-36-37-38-39-40-41-43-45-47-49-51-53-55-57-59-61-63-65-67-74(77)83-72(71-82-84(78,79)81-69-68-75(3,4)5)70-80-73(76)66-64-62-60-58-56-54-52-50-48-46-44-42-31-29-27-25-23-21-19-17-15-13-11-9-7-2/h8-11,14-17,20-23,26-29,32-33,35-36,38-39,42,44,72H,6-7,12-13,18-19,24-25,30-31,34,37,40-41,43,45-71H2,1-5H3/p+1/b10-8-,11-9-,16-14-,17-15-,22-20-,23-21-,28-26-,29-27-,33-32-,36-35-,39-38-,44-42-. The second kappa shape index (κ2) is 63.4. The molecule has 0 spiro atoms. The summed E-state index contributed by atoms with van der Waals surface area (Å²) in [5.74, 6) is -0.810. The van der Waals surface area contributed by atoms with Gasteiger partial charge in [0.2, 0.25) is 0 Å². The van der Waals surface area contributed by atoms with Crippen molar-refractivity contribution >= 4 is 19.8 Å². The first kappa shape index (κ1) is 79.9. The van der Waals surface area contributed by atoms with E-state index < -0.39 is 26.5 Å². The third-order valence-corrected chi connectivity index (χ3v) is 14.8. The fourth-order valence-electron chi connectivity index (χ4n) is 8.79. The molecule has 2 atom stereocenters. The number of quaternary nitrogens is 1. The number of unbranched alkanes of at least 4 members (excludes halogenated alkanes) is 22. The third-order valence-electron chi connectivity index (χ3n) is 13.9. The lowest BCUT2D eigenvalue weighted by Crippen LogP contribution is -2.37. The average molecular weight is 1190 g/mol. The first-order valence-corrected chi connectivity index (χ1v) is 35.1. The topological polar surface area (TPSA) is 108 Å². The van der Waals surface area contributed by atoms with Gasteiger partial charge in [-0.25, -0.2) is 4.57 Å². The summed E-state index contributed by atoms with van der Waals surface area (Å²) in [6.45, 7) is 4.20. The van der Waals surface area contributed by atoms with Gasteiger partial charge in [-0.15, -0.1) is 0 Å². The molecule has 0 aromatic rings. The molecule has 0 radical (unpaired) electrons. The van der Waals surface area contributed by atoms with Crippen LogP contribution in [0.15, 0.2) is 146 Å². The van der Waals surface area contributed by atoms with E-state index in [0.29, 0.717) is 17.4 Å². The Morgan fingerprint density at radius 3 is 0.952 bits per heavy atom. The Kier molecular flexibility index (Phi) is 60.3. The molecule has 0 aliphatic heterocycles. The number of carbonyl (C=O) groups excluding carboxylic acids is 2. The molecule has 84 heavy (non-hydrogen) atoms. The maximum Gasteiger partial charge on any atom is 0.472 e. The molecule has 0 saturated heterocycles. The van der Waals surface area contributed by atoms with E-state index in [0.717, 1.165) is 128 Å². The van der Waals surface area contributed by atoms with Crippen LogP contribution >= 0.6 is 7.82 Å². The molecule has 2 unspecified atom stereocenters. The van der Waals surface area contributed by atoms with Gasteiger partial charge in [-0.2, -0.15) is 0 Å². The van der Waals surface area contributed by atoms with Crippen LogP contribution in [0.4, 0.5) is 0 Å². The number of likely N-dealkylation sites (N-methyl/N-ethyl adjacent to an activating group) is 1. The summed E-state index contributed by atoms with van der Waals surface area (Å²) >= 11 is 0. The van der Waals surface area contributed by atoms with Crippen molar-refractivity contribution in [2.45, 2.75) is 264 Å². The zero-order valence-electron chi connectivity index (χ0n) is 54.3. The Balaban J connectivity index is 4.12. The summed E-state index contributed by atoms with van der Waals surface area (Å²) in [5.41, 5.74) is 0. The van der Waals surface area contributed by atoms with Crippen LogP contribution in [-0.4, -0.2) is 74.9 Å². The summed E-state index contributed by atoms with van der Waals surface area (Å²) in [5, 5.41) is 0. The van der Waals surface area contributed by atoms with E-state index in [4.69, 9.17) is 18.5 Å². The van der Waals surface area contributed by atoms with E-state index in [1.807, 2.05) is 21.1 Å². The largest absolute Gasteiger partial charge is 0.472 e. The van der Waals surface area contributed by atoms with Gasteiger partial charge in [0.1, 0.15) is 19.8 Å². The number of ether oxygens (including phenoxy) is 2. The van der Waals surface area contributed by atoms with E-state index in [-0.39, 0.29) is 32.0 Å². The zero-order valence-corrected chi connectivity index (χ0v) is 55.2. The van der Waals surface area contributed by atoms with Crippen molar-refractivity contribution in [1.29, 1.82) is 0 Å². The van der Waals surface area contributed by atoms with Gasteiger partial charge in [0, 0.05) is 12.8 Å². The van der Waals surface area contributed by atoms with Gasteiger partial charge in [-0.05, 0) is 116 Å². The molecule has 10 heteroatoms. The third kappa shape index (κ3) is 67.0. The van der Waals surface area contributed by atoms with E-state index in [1.54, 1.807) is 0 Å². The summed E-state index contributed by atoms with van der Waals surface area (Å²) < 4.78 is 34.7. The molecule has 0 fully saturated rings. The van der Waals surface area contributed by atoms with Crippen LogP contribution in [0.5, 0.6) is 0 Å². The number of rotatable bonds is 60. The van der Waals surface area contributed by atoms with Crippen molar-refractivity contribution in [1.82, 2.24) is 0 Å². The molecule has 478 valence electrons. The molecule has 0 aromatic heterocycles. The van der Waals surface area contributed by atoms with Gasteiger partial charge in [0.05, 0.1) is 27.7 Å². The second-order valence-corrected chi connectivity index (χ2v) is 24.5. The zero-order chi connectivity index (χ0) is 61.2. The minimum atomic E-state index is -4.40. The molecule has 0 aromatic carbocycles. The fraction of sp³-hybridized carbons (Fsp3) is 0.649. The Morgan fingerprint density at radius 1 is 0.369 bits per heavy atom. The van der Waals surface area contributed by atoms with Crippen LogP contribution in [0.2, 0.25) is 0 Å². The summed E-state index contributed by atoms with van der Waals surface area (Å²) in [7, 11) is 1.46. The Hall–Kier alpha value is -4.11. The maximum absolute atomic E-state index is 12.9. The number of hydrogen-bond acceptors (Lipinski definition) is 7. The smallest absolute Gasteiger partial charge is 0.462 e. The minimum Gasteiger partial charge on any atom is -0.462 e. The van der Waals surface area contributed by atoms with Crippen LogP contribution in [-0.2, 0) is 32.7 Å². The summed E-state index contributed by atoms with van der Waals surface area (Å²) in [4.78, 5) is 35.8. The van der Waals surface area contributed by atoms with Gasteiger partial charge in [0.15, 0.2) is 6.10 Å². The molecule has 0 aliphatic rings. The predicted octanol–water partition coefficient (Wildman–Crippen LogP) is 21.8. The quantitative estimate of drug-likeness (QED) is 0.0211. The normalized spacial score (nSPS) is 14.1. The SMILES string of the molecule is CC/C=C\C/C=C\C/C=C\C/C=C\C/C=C\C/C=C\C/C=C\CCCCCCCCCCCCCCCC(=O)OC(COC(=O)CCCCCCCCCCC/C=C\C/C=C\C/C=C\C/C=C\C/C=C\CC)COP(=O)(O)OCC[N+](C)(C)C. The second-order valence-electron chi connectivity index (χ2n) is 23.1. The number of esters is 2. The molecule has 0 amide bonds. The average Bonchev–Trinajstić information content (AvgIpc) is 3.61. The number of phosphoric acid groups is 1. The predicted molar refractivity (Wildman–Crippen MR) is 362 cm³/mol. The Morgan fingerprint density at radius 2 is 0.643 bits per heavy atom. The molecule has 0 rings (SSSR count). The van der Waals surface area contributed by atoms with Crippen molar-refractivity contribution in [2.75, 3.05) is 47.5 Å². The van der Waals surface area contributed by atoms with Gasteiger partial charge in [-0.1, -0.05) is 275 Å². The van der Waals surface area contributed by atoms with Crippen LogP contribution in [0.1, 0.15) is 258 Å². The molecule has 1 N–H and O–H groups in total. The minimum absolute atomic E-state index is 0.0237. The van der Waals surface area contributed by atoms with Gasteiger partial charge in [-0.3, -0.25) is 18.6 Å².